The van der Waals surface area contributed by atoms with Gasteiger partial charge in [-0.3, -0.25) is 19.5 Å². The Morgan fingerprint density at radius 2 is 1.90 bits per heavy atom. The summed E-state index contributed by atoms with van der Waals surface area (Å²) in [6.07, 6.45) is 1.25. The van der Waals surface area contributed by atoms with E-state index in [1.807, 2.05) is 19.1 Å². The number of nitrogens with zero attached hydrogens (tertiary/aromatic N) is 3. The number of hydrogen-bond donors (Lipinski definition) is 0. The number of nitro benzene ring substituents is 1. The molecule has 11 heteroatoms. The zero-order valence-electron chi connectivity index (χ0n) is 23.7. The molecule has 2 aromatic carbocycles. The van der Waals surface area contributed by atoms with Crippen molar-refractivity contribution >= 4 is 29.1 Å². The van der Waals surface area contributed by atoms with Crippen molar-refractivity contribution in [1.82, 2.24) is 4.57 Å². The number of allylic oxidation sites excluding steroid dienone is 1. The van der Waals surface area contributed by atoms with E-state index in [0.717, 1.165) is 0 Å². The normalized spacial score (nSPS) is 15.0. The molecule has 2 aromatic heterocycles. The van der Waals surface area contributed by atoms with Crippen molar-refractivity contribution in [2.75, 3.05) is 6.61 Å². The van der Waals surface area contributed by atoms with Gasteiger partial charge in [0.15, 0.2) is 4.80 Å². The lowest BCUT2D eigenvalue weighted by Gasteiger charge is -2.25. The summed E-state index contributed by atoms with van der Waals surface area (Å²) in [6, 6.07) is 14.8. The maximum absolute atomic E-state index is 13.9. The van der Waals surface area contributed by atoms with Crippen LogP contribution in [0.15, 0.2) is 80.1 Å². The second-order valence-corrected chi connectivity index (χ2v) is 11.0. The third kappa shape index (κ3) is 5.55. The van der Waals surface area contributed by atoms with Crippen LogP contribution < -0.4 is 19.6 Å². The van der Waals surface area contributed by atoms with Gasteiger partial charge < -0.3 is 13.9 Å². The van der Waals surface area contributed by atoms with Crippen molar-refractivity contribution in [3.8, 4) is 17.1 Å². The van der Waals surface area contributed by atoms with Gasteiger partial charge in [0.2, 0.25) is 0 Å². The van der Waals surface area contributed by atoms with Crippen LogP contribution in [0, 0.1) is 17.0 Å². The van der Waals surface area contributed by atoms with Crippen molar-refractivity contribution in [3.63, 3.8) is 0 Å². The first-order valence-electron chi connectivity index (χ1n) is 13.4. The summed E-state index contributed by atoms with van der Waals surface area (Å²) in [5.41, 5.74) is 2.21. The summed E-state index contributed by atoms with van der Waals surface area (Å²) in [5, 5.41) is 11.4. The topological polar surface area (TPSA) is 126 Å². The van der Waals surface area contributed by atoms with Gasteiger partial charge in [-0.1, -0.05) is 35.6 Å². The summed E-state index contributed by atoms with van der Waals surface area (Å²) in [7, 11) is 0. The third-order valence-electron chi connectivity index (χ3n) is 6.68. The van der Waals surface area contributed by atoms with Gasteiger partial charge in [-0.05, 0) is 64.4 Å². The average Bonchev–Trinajstić information content (AvgIpc) is 3.52. The maximum atomic E-state index is 13.9. The molecule has 4 aromatic rings. The van der Waals surface area contributed by atoms with E-state index >= 15 is 0 Å². The Hall–Kier alpha value is -4.77. The zero-order valence-corrected chi connectivity index (χ0v) is 24.6. The van der Waals surface area contributed by atoms with E-state index in [4.69, 9.17) is 13.9 Å². The molecule has 1 aliphatic heterocycles. The van der Waals surface area contributed by atoms with Crippen molar-refractivity contribution in [3.05, 3.63) is 113 Å². The predicted octanol–water partition coefficient (Wildman–Crippen LogP) is 5.06. The molecule has 0 bridgehead atoms. The summed E-state index contributed by atoms with van der Waals surface area (Å²) >= 11 is 1.18. The molecule has 0 aliphatic carbocycles. The highest BCUT2D eigenvalue weighted by Gasteiger charge is 2.34. The zero-order chi connectivity index (χ0) is 30.1. The minimum atomic E-state index is -0.759. The summed E-state index contributed by atoms with van der Waals surface area (Å²) in [5.74, 6) is 0.959. The number of nitro groups is 1. The van der Waals surface area contributed by atoms with E-state index in [-0.39, 0.29) is 22.9 Å². The number of thiazole rings is 1. The number of esters is 1. The monoisotopic (exact) mass is 587 g/mol. The van der Waals surface area contributed by atoms with Crippen LogP contribution in [0.4, 0.5) is 5.69 Å². The first-order valence-corrected chi connectivity index (χ1v) is 14.2. The predicted molar refractivity (Wildman–Crippen MR) is 158 cm³/mol. The van der Waals surface area contributed by atoms with Crippen LogP contribution in [0.1, 0.15) is 50.6 Å². The van der Waals surface area contributed by atoms with Crippen molar-refractivity contribution in [1.29, 1.82) is 0 Å². The van der Waals surface area contributed by atoms with Gasteiger partial charge in [0.05, 0.1) is 39.5 Å². The molecule has 0 N–H and O–H groups in total. The fourth-order valence-corrected chi connectivity index (χ4v) is 5.79. The van der Waals surface area contributed by atoms with Crippen LogP contribution in [0.2, 0.25) is 0 Å². The van der Waals surface area contributed by atoms with Crippen molar-refractivity contribution in [2.45, 2.75) is 46.8 Å². The standard InChI is InChI=1S/C31H29N3O7S/c1-6-39-22-11-9-20(10-12-22)28-27(30(36)40-17(2)3)19(5)32-31-33(28)29(35)26(42-31)16-23-13-14-25(41-23)21-8-7-18(4)24(15-21)34(37)38/h7-17,28H,6H2,1-5H3/b26-16+/t28-/m0/s1. The minimum Gasteiger partial charge on any atom is -0.494 e. The van der Waals surface area contributed by atoms with Crippen molar-refractivity contribution < 1.29 is 23.6 Å². The number of fused-ring (bicyclic) bond motifs is 1. The lowest BCUT2D eigenvalue weighted by molar-refractivity contribution is -0.385. The van der Waals surface area contributed by atoms with Gasteiger partial charge in [0.1, 0.15) is 17.3 Å². The van der Waals surface area contributed by atoms with Gasteiger partial charge in [-0.15, -0.1) is 0 Å². The molecule has 1 aliphatic rings. The molecule has 10 nitrogen and oxygen atoms in total. The van der Waals surface area contributed by atoms with E-state index in [9.17, 15) is 19.7 Å². The molecule has 0 saturated carbocycles. The van der Waals surface area contributed by atoms with Crippen LogP contribution in [-0.2, 0) is 9.53 Å². The van der Waals surface area contributed by atoms with E-state index < -0.39 is 16.9 Å². The van der Waals surface area contributed by atoms with Crippen molar-refractivity contribution in [2.24, 2.45) is 4.99 Å². The van der Waals surface area contributed by atoms with Crippen LogP contribution in [0.3, 0.4) is 0 Å². The lowest BCUT2D eigenvalue weighted by Crippen LogP contribution is -2.40. The largest absolute Gasteiger partial charge is 0.494 e. The first-order chi connectivity index (χ1) is 20.1. The minimum absolute atomic E-state index is 0.00443. The molecule has 0 amide bonds. The molecule has 0 saturated heterocycles. The Morgan fingerprint density at radius 1 is 1.17 bits per heavy atom. The molecular formula is C31H29N3O7S. The average molecular weight is 588 g/mol. The second kappa shape index (κ2) is 11.6. The van der Waals surface area contributed by atoms with E-state index in [0.29, 0.717) is 55.6 Å². The number of rotatable bonds is 8. The molecule has 0 radical (unpaired) electrons. The smallest absolute Gasteiger partial charge is 0.338 e. The number of carbonyl (C=O) groups excluding carboxylic acids is 1. The SMILES string of the molecule is CCOc1ccc([C@H]2C(C(=O)OC(C)C)=C(C)N=c3s/c(=C/c4ccc(-c5ccc(C)c([N+](=O)[O-])c5)o4)c(=O)n32)cc1. The molecule has 1 atom stereocenters. The summed E-state index contributed by atoms with van der Waals surface area (Å²) in [4.78, 5) is 43.1. The van der Waals surface area contributed by atoms with Gasteiger partial charge >= 0.3 is 5.97 Å². The Bertz CT molecular complexity index is 1900. The molecule has 0 spiro atoms. The Morgan fingerprint density at radius 3 is 2.57 bits per heavy atom. The summed E-state index contributed by atoms with van der Waals surface area (Å²) < 4.78 is 18.9. The number of furan rings is 1. The highest BCUT2D eigenvalue weighted by atomic mass is 32.1. The van der Waals surface area contributed by atoms with Gasteiger partial charge in [0.25, 0.3) is 11.2 Å². The second-order valence-electron chi connectivity index (χ2n) is 10.00. The van der Waals surface area contributed by atoms with E-state index in [1.54, 1.807) is 70.2 Å². The van der Waals surface area contributed by atoms with Crippen LogP contribution in [0.25, 0.3) is 17.4 Å². The molecule has 0 fully saturated rings. The summed E-state index contributed by atoms with van der Waals surface area (Å²) in [6.45, 7) is 9.34. The highest BCUT2D eigenvalue weighted by molar-refractivity contribution is 7.07. The Labute approximate surface area is 245 Å². The molecule has 42 heavy (non-hydrogen) atoms. The van der Waals surface area contributed by atoms with Gasteiger partial charge in [-0.2, -0.15) is 0 Å². The van der Waals surface area contributed by atoms with E-state index in [2.05, 4.69) is 4.99 Å². The first kappa shape index (κ1) is 28.7. The Balaban J connectivity index is 1.60. The van der Waals surface area contributed by atoms with E-state index in [1.165, 1.54) is 22.0 Å². The fraction of sp³-hybridized carbons (Fsp3) is 0.258. The van der Waals surface area contributed by atoms with Gasteiger partial charge in [-0.25, -0.2) is 9.79 Å². The molecule has 5 rings (SSSR count). The Kier molecular flexibility index (Phi) is 7.95. The molecule has 3 heterocycles. The van der Waals surface area contributed by atoms with Crippen LogP contribution >= 0.6 is 11.3 Å². The number of ether oxygens (including phenoxy) is 2. The number of hydrogen-bond acceptors (Lipinski definition) is 9. The highest BCUT2D eigenvalue weighted by Crippen LogP contribution is 2.32. The lowest BCUT2D eigenvalue weighted by atomic mass is 9.96. The molecule has 0 unspecified atom stereocenters. The number of aryl methyl sites for hydroxylation is 1. The van der Waals surface area contributed by atoms with Crippen LogP contribution in [0.5, 0.6) is 5.75 Å². The van der Waals surface area contributed by atoms with Crippen LogP contribution in [-0.4, -0.2) is 28.2 Å². The third-order valence-corrected chi connectivity index (χ3v) is 7.66. The molecular weight excluding hydrogens is 558 g/mol. The number of aromatic nitrogens is 1. The quantitative estimate of drug-likeness (QED) is 0.160. The maximum Gasteiger partial charge on any atom is 0.338 e. The fourth-order valence-electron chi connectivity index (χ4n) is 4.76. The number of carbonyl (C=O) groups is 1. The molecule has 216 valence electrons. The number of benzene rings is 2. The van der Waals surface area contributed by atoms with Gasteiger partial charge in [0, 0.05) is 23.3 Å².